The molecule has 5 aromatic rings. The Bertz CT molecular complexity index is 1720. The number of fused-ring (bicyclic) bond motifs is 1. The minimum absolute atomic E-state index is 0.00614. The third kappa shape index (κ3) is 5.13. The van der Waals surface area contributed by atoms with Crippen LogP contribution in [0, 0.1) is 6.92 Å². The smallest absolute Gasteiger partial charge is 0.342 e. The van der Waals surface area contributed by atoms with Gasteiger partial charge in [-0.3, -0.25) is 9.78 Å². The van der Waals surface area contributed by atoms with Gasteiger partial charge in [0.15, 0.2) is 0 Å². The summed E-state index contributed by atoms with van der Waals surface area (Å²) in [4.78, 5) is 34.8. The van der Waals surface area contributed by atoms with Crippen LogP contribution in [0.4, 0.5) is 10.5 Å². The number of anilines is 1. The highest BCUT2D eigenvalue weighted by Gasteiger charge is 2.27. The summed E-state index contributed by atoms with van der Waals surface area (Å²) in [5, 5.41) is 21.1. The Morgan fingerprint density at radius 1 is 1.00 bits per heavy atom. The van der Waals surface area contributed by atoms with Crippen molar-refractivity contribution in [2.45, 2.75) is 38.6 Å². The van der Waals surface area contributed by atoms with Crippen molar-refractivity contribution in [1.29, 1.82) is 0 Å². The zero-order chi connectivity index (χ0) is 27.6. The van der Waals surface area contributed by atoms with Crippen molar-refractivity contribution in [3.8, 4) is 17.0 Å². The number of carbonyl (C=O) groups excluding carboxylic acids is 2. The topological polar surface area (TPSA) is 122 Å². The highest BCUT2D eigenvalue weighted by Crippen LogP contribution is 2.39. The number of aromatic nitrogens is 4. The van der Waals surface area contributed by atoms with E-state index in [9.17, 15) is 14.7 Å². The van der Waals surface area contributed by atoms with Gasteiger partial charge < -0.3 is 15.7 Å². The Hall–Kier alpha value is -5.05. The number of phenols is 1. The number of para-hydroxylation sites is 2. The molecule has 0 aliphatic heterocycles. The summed E-state index contributed by atoms with van der Waals surface area (Å²) in [7, 11) is 0. The molecule has 9 nitrogen and oxygen atoms in total. The molecule has 6 rings (SSSR count). The zero-order valence-corrected chi connectivity index (χ0v) is 22.0. The van der Waals surface area contributed by atoms with Crippen molar-refractivity contribution in [1.82, 2.24) is 25.1 Å². The van der Waals surface area contributed by atoms with Crippen LogP contribution in [0.25, 0.3) is 22.3 Å². The van der Waals surface area contributed by atoms with Crippen molar-refractivity contribution in [2.24, 2.45) is 0 Å². The molecule has 0 unspecified atom stereocenters. The van der Waals surface area contributed by atoms with E-state index in [1.54, 1.807) is 18.2 Å². The fourth-order valence-corrected chi connectivity index (χ4v) is 4.72. The molecule has 2 heterocycles. The molecule has 1 saturated carbocycles. The summed E-state index contributed by atoms with van der Waals surface area (Å²) in [6.45, 7) is 2.40. The van der Waals surface area contributed by atoms with E-state index in [0.717, 1.165) is 36.1 Å². The van der Waals surface area contributed by atoms with Crippen LogP contribution < -0.4 is 10.6 Å². The van der Waals surface area contributed by atoms with Crippen molar-refractivity contribution in [2.75, 3.05) is 5.32 Å². The first-order valence-electron chi connectivity index (χ1n) is 13.2. The van der Waals surface area contributed by atoms with Gasteiger partial charge in [-0.15, -0.1) is 0 Å². The van der Waals surface area contributed by atoms with Crippen LogP contribution in [0.3, 0.4) is 0 Å². The largest absolute Gasteiger partial charge is 0.507 e. The molecule has 0 saturated heterocycles. The van der Waals surface area contributed by atoms with Gasteiger partial charge in [0.1, 0.15) is 11.4 Å². The maximum absolute atomic E-state index is 13.2. The van der Waals surface area contributed by atoms with Crippen LogP contribution in [0.2, 0.25) is 0 Å². The lowest BCUT2D eigenvalue weighted by atomic mass is 9.82. The van der Waals surface area contributed by atoms with Crippen LogP contribution in [0.15, 0.2) is 79.0 Å². The van der Waals surface area contributed by atoms with E-state index in [2.05, 4.69) is 25.7 Å². The molecule has 0 atom stereocenters. The third-order valence-corrected chi connectivity index (χ3v) is 7.23. The summed E-state index contributed by atoms with van der Waals surface area (Å²) in [5.41, 5.74) is 5.77. The summed E-state index contributed by atoms with van der Waals surface area (Å²) in [6.07, 6.45) is 4.48. The number of phenolic OH excluding ortho intramolecular Hbond substituents is 1. The fourth-order valence-electron chi connectivity index (χ4n) is 4.72. The number of hydrogen-bond donors (Lipinski definition) is 3. The fraction of sp³-hybridized carbons (Fsp3) is 0.194. The number of nitrogens with zero attached hydrogens (tertiary/aromatic N) is 4. The maximum atomic E-state index is 13.2. The van der Waals surface area contributed by atoms with Crippen molar-refractivity contribution >= 4 is 28.7 Å². The van der Waals surface area contributed by atoms with Crippen LogP contribution in [0.5, 0.6) is 5.75 Å². The molecule has 0 bridgehead atoms. The number of carbonyl (C=O) groups is 2. The third-order valence-electron chi connectivity index (χ3n) is 7.23. The first-order chi connectivity index (χ1) is 19.4. The van der Waals surface area contributed by atoms with E-state index in [1.165, 1.54) is 16.9 Å². The Morgan fingerprint density at radius 2 is 1.77 bits per heavy atom. The zero-order valence-electron chi connectivity index (χ0n) is 22.0. The molecule has 1 aliphatic carbocycles. The average Bonchev–Trinajstić information content (AvgIpc) is 3.36. The first-order valence-corrected chi connectivity index (χ1v) is 13.2. The molecule has 1 aliphatic rings. The molecule has 1 fully saturated rings. The van der Waals surface area contributed by atoms with Crippen molar-refractivity contribution in [3.05, 3.63) is 102 Å². The van der Waals surface area contributed by atoms with Crippen molar-refractivity contribution < 1.29 is 14.7 Å². The molecule has 200 valence electrons. The van der Waals surface area contributed by atoms with Gasteiger partial charge in [-0.2, -0.15) is 9.78 Å². The SMILES string of the molecule is Cc1ccc(CNC(=O)n2nc(-c3cc(NC(=O)c4cnc5ccccc5n4)ccc3O)cc2C2CCC2)cc1. The van der Waals surface area contributed by atoms with Gasteiger partial charge in [0.25, 0.3) is 5.91 Å². The van der Waals surface area contributed by atoms with E-state index in [4.69, 9.17) is 0 Å². The normalized spacial score (nSPS) is 13.1. The first kappa shape index (κ1) is 25.2. The van der Waals surface area contributed by atoms with Crippen LogP contribution in [0.1, 0.15) is 52.5 Å². The maximum Gasteiger partial charge on any atom is 0.342 e. The van der Waals surface area contributed by atoms with Crippen LogP contribution >= 0.6 is 0 Å². The molecule has 2 amide bonds. The summed E-state index contributed by atoms with van der Waals surface area (Å²) in [6, 6.07) is 21.6. The number of rotatable bonds is 6. The highest BCUT2D eigenvalue weighted by atomic mass is 16.3. The van der Waals surface area contributed by atoms with Gasteiger partial charge in [0, 0.05) is 23.7 Å². The predicted octanol–water partition coefficient (Wildman–Crippen LogP) is 5.79. The number of aryl methyl sites for hydroxylation is 1. The van der Waals surface area contributed by atoms with E-state index >= 15 is 0 Å². The van der Waals surface area contributed by atoms with Gasteiger partial charge in [0.2, 0.25) is 0 Å². The molecule has 0 radical (unpaired) electrons. The number of amides is 2. The van der Waals surface area contributed by atoms with E-state index in [1.807, 2.05) is 55.5 Å². The Kier molecular flexibility index (Phi) is 6.69. The molecular weight excluding hydrogens is 504 g/mol. The molecule has 40 heavy (non-hydrogen) atoms. The standard InChI is InChI=1S/C31H28N6O3/c1-19-9-11-20(12-10-19)17-33-31(40)37-28(21-5-4-6-21)16-26(36-37)23-15-22(13-14-29(23)38)34-30(39)27-18-32-24-7-2-3-8-25(24)35-27/h2-3,7-16,18,21,38H,4-6,17H2,1H3,(H,33,40)(H,34,39). The second kappa shape index (κ2) is 10.6. The lowest BCUT2D eigenvalue weighted by Gasteiger charge is -2.25. The van der Waals surface area contributed by atoms with Crippen molar-refractivity contribution in [3.63, 3.8) is 0 Å². The molecular formula is C31H28N6O3. The highest BCUT2D eigenvalue weighted by molar-refractivity contribution is 6.04. The lowest BCUT2D eigenvalue weighted by Crippen LogP contribution is -2.31. The van der Waals surface area contributed by atoms with Crippen LogP contribution in [-0.4, -0.2) is 36.8 Å². The molecule has 2 aromatic heterocycles. The molecule has 3 aromatic carbocycles. The Morgan fingerprint density at radius 3 is 2.52 bits per heavy atom. The van der Waals surface area contributed by atoms with E-state index in [0.29, 0.717) is 34.5 Å². The summed E-state index contributed by atoms with van der Waals surface area (Å²) in [5.74, 6) is -0.206. The second-order valence-corrected chi connectivity index (χ2v) is 10.1. The van der Waals surface area contributed by atoms with Gasteiger partial charge in [0.05, 0.1) is 28.6 Å². The van der Waals surface area contributed by atoms with Gasteiger partial charge >= 0.3 is 6.03 Å². The van der Waals surface area contributed by atoms with Gasteiger partial charge in [-0.1, -0.05) is 48.4 Å². The molecule has 0 spiro atoms. The number of hydrogen-bond acceptors (Lipinski definition) is 6. The monoisotopic (exact) mass is 532 g/mol. The Labute approximate surface area is 230 Å². The summed E-state index contributed by atoms with van der Waals surface area (Å²) < 4.78 is 1.41. The summed E-state index contributed by atoms with van der Waals surface area (Å²) >= 11 is 0. The van der Waals surface area contributed by atoms with Gasteiger partial charge in [-0.05, 0) is 61.7 Å². The molecule has 9 heteroatoms. The average molecular weight is 533 g/mol. The quantitative estimate of drug-likeness (QED) is 0.238. The second-order valence-electron chi connectivity index (χ2n) is 10.1. The number of aromatic hydroxyl groups is 1. The number of benzene rings is 3. The lowest BCUT2D eigenvalue weighted by molar-refractivity contribution is 0.102. The minimum Gasteiger partial charge on any atom is -0.507 e. The number of nitrogens with one attached hydrogen (secondary N) is 2. The van der Waals surface area contributed by atoms with Gasteiger partial charge in [-0.25, -0.2) is 9.78 Å². The molecule has 3 N–H and O–H groups in total. The predicted molar refractivity (Wildman–Crippen MR) is 152 cm³/mol. The van der Waals surface area contributed by atoms with E-state index in [-0.39, 0.29) is 23.4 Å². The minimum atomic E-state index is -0.425. The van der Waals surface area contributed by atoms with E-state index < -0.39 is 5.91 Å². The Balaban J connectivity index is 1.25. The van der Waals surface area contributed by atoms with Crippen LogP contribution in [-0.2, 0) is 6.54 Å².